The Bertz CT molecular complexity index is 657. The molecule has 1 amide bonds. The van der Waals surface area contributed by atoms with Crippen LogP contribution in [0.2, 0.25) is 0 Å². The van der Waals surface area contributed by atoms with E-state index in [0.717, 1.165) is 31.5 Å². The fraction of sp³-hybridized carbons (Fsp3) is 0.462. The molecular formula is C13H17N3O3S. The van der Waals surface area contributed by atoms with Gasteiger partial charge in [-0.2, -0.15) is 0 Å². The van der Waals surface area contributed by atoms with Crippen LogP contribution in [-0.2, 0) is 14.8 Å². The van der Waals surface area contributed by atoms with Gasteiger partial charge in [0.15, 0.2) is 0 Å². The van der Waals surface area contributed by atoms with E-state index in [1.807, 2.05) is 0 Å². The molecule has 2 heterocycles. The Morgan fingerprint density at radius 2 is 2.15 bits per heavy atom. The van der Waals surface area contributed by atoms with Crippen LogP contribution in [0.15, 0.2) is 23.1 Å². The van der Waals surface area contributed by atoms with E-state index < -0.39 is 10.0 Å². The van der Waals surface area contributed by atoms with Crippen molar-refractivity contribution in [1.82, 2.24) is 4.72 Å². The maximum Gasteiger partial charge on any atom is 0.247 e. The summed E-state index contributed by atoms with van der Waals surface area (Å²) in [6, 6.07) is 4.75. The zero-order valence-electron chi connectivity index (χ0n) is 11.2. The van der Waals surface area contributed by atoms with E-state index in [1.165, 1.54) is 13.1 Å². The van der Waals surface area contributed by atoms with Gasteiger partial charge in [0, 0.05) is 6.54 Å². The molecule has 1 fully saturated rings. The molecule has 7 heteroatoms. The summed E-state index contributed by atoms with van der Waals surface area (Å²) in [4.78, 5) is 14.3. The van der Waals surface area contributed by atoms with E-state index in [0.29, 0.717) is 5.69 Å². The summed E-state index contributed by atoms with van der Waals surface area (Å²) in [5.74, 6) is -0.0452. The summed E-state index contributed by atoms with van der Waals surface area (Å²) < 4.78 is 25.9. The number of anilines is 2. The van der Waals surface area contributed by atoms with Crippen molar-refractivity contribution in [3.8, 4) is 0 Å². The lowest BCUT2D eigenvalue weighted by molar-refractivity contribution is -0.118. The third kappa shape index (κ3) is 2.06. The molecule has 2 N–H and O–H groups in total. The molecule has 2 aliphatic rings. The standard InChI is InChI=1S/C13H17N3O3S/c1-14-20(18,19)9-5-6-11-10(8-9)15-13(17)12-4-2-3-7-16(11)12/h5-6,8,12,14H,2-4,7H2,1H3,(H,15,17)/t12-/m1/s1. The second kappa shape index (κ2) is 4.75. The highest BCUT2D eigenvalue weighted by atomic mass is 32.2. The second-order valence-electron chi connectivity index (χ2n) is 5.08. The molecule has 0 aromatic heterocycles. The van der Waals surface area contributed by atoms with E-state index in [4.69, 9.17) is 0 Å². The average Bonchev–Trinajstić information content (AvgIpc) is 2.47. The van der Waals surface area contributed by atoms with Crippen LogP contribution in [-0.4, -0.2) is 34.0 Å². The summed E-state index contributed by atoms with van der Waals surface area (Å²) in [6.45, 7) is 0.837. The number of amides is 1. The molecule has 1 saturated heterocycles. The van der Waals surface area contributed by atoms with Crippen molar-refractivity contribution < 1.29 is 13.2 Å². The van der Waals surface area contributed by atoms with E-state index in [1.54, 1.807) is 12.1 Å². The Morgan fingerprint density at radius 3 is 2.90 bits per heavy atom. The van der Waals surface area contributed by atoms with Gasteiger partial charge in [-0.15, -0.1) is 0 Å². The van der Waals surface area contributed by atoms with Crippen molar-refractivity contribution in [3.05, 3.63) is 18.2 Å². The van der Waals surface area contributed by atoms with Crippen molar-refractivity contribution in [2.45, 2.75) is 30.2 Å². The SMILES string of the molecule is CNS(=O)(=O)c1ccc2c(c1)NC(=O)[C@H]1CCCCN21. The van der Waals surface area contributed by atoms with Crippen LogP contribution in [0, 0.1) is 0 Å². The highest BCUT2D eigenvalue weighted by Crippen LogP contribution is 2.37. The molecule has 0 aliphatic carbocycles. The zero-order chi connectivity index (χ0) is 14.3. The molecule has 6 nitrogen and oxygen atoms in total. The number of rotatable bonds is 2. The molecular weight excluding hydrogens is 278 g/mol. The van der Waals surface area contributed by atoms with Crippen LogP contribution in [0.5, 0.6) is 0 Å². The second-order valence-corrected chi connectivity index (χ2v) is 6.97. The average molecular weight is 295 g/mol. The third-order valence-corrected chi connectivity index (χ3v) is 5.33. The fourth-order valence-corrected chi connectivity index (χ4v) is 3.62. The minimum atomic E-state index is -3.50. The van der Waals surface area contributed by atoms with Crippen LogP contribution >= 0.6 is 0 Å². The van der Waals surface area contributed by atoms with Gasteiger partial charge in [0.2, 0.25) is 15.9 Å². The highest BCUT2D eigenvalue weighted by molar-refractivity contribution is 7.89. The molecule has 1 atom stereocenters. The number of piperidine rings is 1. The summed E-state index contributed by atoms with van der Waals surface area (Å²) >= 11 is 0. The summed E-state index contributed by atoms with van der Waals surface area (Å²) in [5, 5.41) is 2.82. The van der Waals surface area contributed by atoms with E-state index in [-0.39, 0.29) is 16.8 Å². The largest absolute Gasteiger partial charge is 0.358 e. The van der Waals surface area contributed by atoms with Crippen molar-refractivity contribution in [3.63, 3.8) is 0 Å². The van der Waals surface area contributed by atoms with Crippen LogP contribution in [0.4, 0.5) is 11.4 Å². The van der Waals surface area contributed by atoms with Gasteiger partial charge < -0.3 is 10.2 Å². The van der Waals surface area contributed by atoms with Crippen molar-refractivity contribution in [2.24, 2.45) is 0 Å². The fourth-order valence-electron chi connectivity index (χ4n) is 2.86. The lowest BCUT2D eigenvalue weighted by Crippen LogP contribution is -2.50. The third-order valence-electron chi connectivity index (χ3n) is 3.92. The Labute approximate surface area is 118 Å². The normalized spacial score (nSPS) is 21.9. The predicted molar refractivity (Wildman–Crippen MR) is 76.3 cm³/mol. The molecule has 108 valence electrons. The molecule has 0 spiro atoms. The smallest absolute Gasteiger partial charge is 0.247 e. The maximum absolute atomic E-state index is 12.1. The zero-order valence-corrected chi connectivity index (χ0v) is 12.0. The molecule has 1 aromatic rings. The number of hydrogen-bond donors (Lipinski definition) is 2. The minimum Gasteiger partial charge on any atom is -0.358 e. The van der Waals surface area contributed by atoms with Crippen molar-refractivity contribution in [2.75, 3.05) is 23.8 Å². The van der Waals surface area contributed by atoms with Gasteiger partial charge in [-0.3, -0.25) is 4.79 Å². The Kier molecular flexibility index (Phi) is 3.18. The summed E-state index contributed by atoms with van der Waals surface area (Å²) in [6.07, 6.45) is 2.96. The first-order chi connectivity index (χ1) is 9.53. The number of sulfonamides is 1. The van der Waals surface area contributed by atoms with Crippen molar-refractivity contribution >= 4 is 27.3 Å². The Hall–Kier alpha value is -1.60. The molecule has 2 aliphatic heterocycles. The predicted octanol–water partition coefficient (Wildman–Crippen LogP) is 0.906. The first-order valence-corrected chi connectivity index (χ1v) is 8.16. The molecule has 0 radical (unpaired) electrons. The molecule has 0 unspecified atom stereocenters. The molecule has 1 aromatic carbocycles. The van der Waals surface area contributed by atoms with Crippen LogP contribution < -0.4 is 14.9 Å². The topological polar surface area (TPSA) is 78.5 Å². The number of carbonyl (C=O) groups is 1. The van der Waals surface area contributed by atoms with Gasteiger partial charge in [0.1, 0.15) is 6.04 Å². The van der Waals surface area contributed by atoms with E-state index in [9.17, 15) is 13.2 Å². The maximum atomic E-state index is 12.1. The minimum absolute atomic E-state index is 0.0452. The quantitative estimate of drug-likeness (QED) is 0.850. The number of carbonyl (C=O) groups excluding carboxylic acids is 1. The summed E-state index contributed by atoms with van der Waals surface area (Å²) in [5.41, 5.74) is 1.48. The van der Waals surface area contributed by atoms with Crippen LogP contribution in [0.25, 0.3) is 0 Å². The van der Waals surface area contributed by atoms with Gasteiger partial charge in [-0.1, -0.05) is 0 Å². The number of nitrogens with zero attached hydrogens (tertiary/aromatic N) is 1. The monoisotopic (exact) mass is 295 g/mol. The van der Waals surface area contributed by atoms with Crippen LogP contribution in [0.1, 0.15) is 19.3 Å². The Balaban J connectivity index is 2.05. The van der Waals surface area contributed by atoms with Gasteiger partial charge >= 0.3 is 0 Å². The number of hydrogen-bond acceptors (Lipinski definition) is 4. The van der Waals surface area contributed by atoms with Crippen molar-refractivity contribution in [1.29, 1.82) is 0 Å². The first kappa shape index (κ1) is 13.4. The molecule has 20 heavy (non-hydrogen) atoms. The van der Waals surface area contributed by atoms with Gasteiger partial charge in [-0.25, -0.2) is 13.1 Å². The molecule has 0 saturated carbocycles. The number of fused-ring (bicyclic) bond motifs is 3. The number of nitrogens with one attached hydrogen (secondary N) is 2. The molecule has 0 bridgehead atoms. The highest BCUT2D eigenvalue weighted by Gasteiger charge is 2.34. The van der Waals surface area contributed by atoms with Gasteiger partial charge in [-0.05, 0) is 44.5 Å². The lowest BCUT2D eigenvalue weighted by Gasteiger charge is -2.41. The van der Waals surface area contributed by atoms with E-state index >= 15 is 0 Å². The van der Waals surface area contributed by atoms with Crippen LogP contribution in [0.3, 0.4) is 0 Å². The lowest BCUT2D eigenvalue weighted by atomic mass is 9.97. The number of benzene rings is 1. The first-order valence-electron chi connectivity index (χ1n) is 6.68. The molecule has 3 rings (SSSR count). The van der Waals surface area contributed by atoms with Gasteiger partial charge in [0.05, 0.1) is 16.3 Å². The van der Waals surface area contributed by atoms with E-state index in [2.05, 4.69) is 14.9 Å². The summed E-state index contributed by atoms with van der Waals surface area (Å²) in [7, 11) is -2.13. The Morgan fingerprint density at radius 1 is 1.35 bits per heavy atom. The van der Waals surface area contributed by atoms with Gasteiger partial charge in [0.25, 0.3) is 0 Å².